The Labute approximate surface area is 109 Å². The maximum atomic E-state index is 11.4. The van der Waals surface area contributed by atoms with Gasteiger partial charge < -0.3 is 10.1 Å². The molecule has 0 bridgehead atoms. The minimum Gasteiger partial charge on any atom is -0.444 e. The second kappa shape index (κ2) is 6.19. The molecule has 106 valence electrons. The summed E-state index contributed by atoms with van der Waals surface area (Å²) in [7, 11) is -0.531. The Balaban J connectivity index is 4.41. The molecule has 1 N–H and O–H groups in total. The van der Waals surface area contributed by atoms with Crippen LogP contribution in [-0.4, -0.2) is 44.6 Å². The van der Waals surface area contributed by atoms with Crippen LogP contribution in [0.1, 0.15) is 27.7 Å². The van der Waals surface area contributed by atoms with Gasteiger partial charge in [-0.05, 0) is 33.8 Å². The normalized spacial score (nSPS) is 14.8. The van der Waals surface area contributed by atoms with Crippen molar-refractivity contribution in [3.8, 4) is 0 Å². The van der Waals surface area contributed by atoms with Crippen molar-refractivity contribution >= 4 is 16.1 Å². The number of alkyl carbamates (subject to hydrolysis) is 1. The van der Waals surface area contributed by atoms with Crippen molar-refractivity contribution in [3.63, 3.8) is 0 Å². The van der Waals surface area contributed by atoms with Gasteiger partial charge in [-0.1, -0.05) is 0 Å². The lowest BCUT2D eigenvalue weighted by atomic mass is 10.2. The van der Waals surface area contributed by atoms with Crippen LogP contribution < -0.4 is 5.32 Å². The fourth-order valence-electron chi connectivity index (χ4n) is 0.880. The first kappa shape index (κ1) is 16.9. The molecule has 0 spiro atoms. The van der Waals surface area contributed by atoms with Crippen LogP contribution >= 0.6 is 0 Å². The Kier molecular flexibility index (Phi) is 5.82. The Hall–Kier alpha value is -1.08. The lowest BCUT2D eigenvalue weighted by Gasteiger charge is -2.21. The van der Waals surface area contributed by atoms with Crippen molar-refractivity contribution in [3.05, 3.63) is 11.5 Å². The van der Waals surface area contributed by atoms with Crippen molar-refractivity contribution in [1.82, 2.24) is 9.62 Å². The standard InChI is InChI=1S/C11H22N2O4S/c1-9(7-8-18(15,16)13(5)6)12-10(14)17-11(2,3)4/h7-9H,1-6H3,(H,12,14)/b8-7+. The molecule has 1 atom stereocenters. The number of carbonyl (C=O) groups excluding carboxylic acids is 1. The maximum Gasteiger partial charge on any atom is 0.408 e. The number of hydrogen-bond acceptors (Lipinski definition) is 4. The molecule has 1 amide bonds. The minimum absolute atomic E-state index is 0.436. The highest BCUT2D eigenvalue weighted by molar-refractivity contribution is 7.92. The summed E-state index contributed by atoms with van der Waals surface area (Å²) in [5.74, 6) is 0. The third-order valence-electron chi connectivity index (χ3n) is 1.79. The number of rotatable bonds is 4. The van der Waals surface area contributed by atoms with E-state index in [0.717, 1.165) is 9.71 Å². The molecule has 0 rings (SSSR count). The number of sulfonamides is 1. The third kappa shape index (κ3) is 7.29. The lowest BCUT2D eigenvalue weighted by Crippen LogP contribution is -2.37. The molecule has 1 unspecified atom stereocenters. The zero-order valence-electron chi connectivity index (χ0n) is 11.7. The van der Waals surface area contributed by atoms with E-state index in [0.29, 0.717) is 0 Å². The fourth-order valence-corrected chi connectivity index (χ4v) is 1.56. The smallest absolute Gasteiger partial charge is 0.408 e. The molecule has 0 radical (unpaired) electrons. The van der Waals surface area contributed by atoms with Gasteiger partial charge in [0.25, 0.3) is 0 Å². The zero-order chi connectivity index (χ0) is 14.6. The summed E-state index contributed by atoms with van der Waals surface area (Å²) in [4.78, 5) is 11.4. The van der Waals surface area contributed by atoms with Crippen LogP contribution in [0.15, 0.2) is 11.5 Å². The first-order valence-electron chi connectivity index (χ1n) is 5.54. The highest BCUT2D eigenvalue weighted by Gasteiger charge is 2.17. The van der Waals surface area contributed by atoms with E-state index in [1.54, 1.807) is 27.7 Å². The van der Waals surface area contributed by atoms with Gasteiger partial charge >= 0.3 is 6.09 Å². The zero-order valence-corrected chi connectivity index (χ0v) is 12.5. The molecule has 0 aliphatic heterocycles. The van der Waals surface area contributed by atoms with Gasteiger partial charge in [-0.25, -0.2) is 17.5 Å². The highest BCUT2D eigenvalue weighted by Crippen LogP contribution is 2.07. The molecule has 0 saturated heterocycles. The van der Waals surface area contributed by atoms with E-state index in [1.807, 2.05) is 0 Å². The van der Waals surface area contributed by atoms with E-state index in [1.165, 1.54) is 20.2 Å². The minimum atomic E-state index is -3.40. The Morgan fingerprint density at radius 2 is 1.83 bits per heavy atom. The monoisotopic (exact) mass is 278 g/mol. The van der Waals surface area contributed by atoms with Crippen LogP contribution in [0.3, 0.4) is 0 Å². The van der Waals surface area contributed by atoms with Gasteiger partial charge in [-0.15, -0.1) is 0 Å². The largest absolute Gasteiger partial charge is 0.444 e. The summed E-state index contributed by atoms with van der Waals surface area (Å²) in [6.45, 7) is 6.92. The molecular weight excluding hydrogens is 256 g/mol. The Bertz CT molecular complexity index is 407. The number of nitrogens with zero attached hydrogens (tertiary/aromatic N) is 1. The fraction of sp³-hybridized carbons (Fsp3) is 0.727. The molecule has 0 aromatic rings. The average Bonchev–Trinajstić information content (AvgIpc) is 2.11. The molecule has 0 aliphatic carbocycles. The maximum absolute atomic E-state index is 11.4. The second-order valence-electron chi connectivity index (χ2n) is 5.09. The SMILES string of the molecule is CC(/C=C/S(=O)(=O)N(C)C)NC(=O)OC(C)(C)C. The number of hydrogen-bond donors (Lipinski definition) is 1. The van der Waals surface area contributed by atoms with Crippen molar-refractivity contribution in [2.75, 3.05) is 14.1 Å². The van der Waals surface area contributed by atoms with Crippen LogP contribution in [0.4, 0.5) is 4.79 Å². The van der Waals surface area contributed by atoms with E-state index >= 15 is 0 Å². The van der Waals surface area contributed by atoms with E-state index in [-0.39, 0.29) is 0 Å². The van der Waals surface area contributed by atoms with Gasteiger partial charge in [0.1, 0.15) is 5.60 Å². The molecular formula is C11H22N2O4S. The number of carbonyl (C=O) groups is 1. The molecule has 0 saturated carbocycles. The van der Waals surface area contributed by atoms with Crippen LogP contribution in [0.2, 0.25) is 0 Å². The van der Waals surface area contributed by atoms with Gasteiger partial charge in [0, 0.05) is 25.5 Å². The van der Waals surface area contributed by atoms with Gasteiger partial charge in [0.05, 0.1) is 0 Å². The van der Waals surface area contributed by atoms with Crippen LogP contribution in [0, 0.1) is 0 Å². The number of nitrogens with one attached hydrogen (secondary N) is 1. The number of amides is 1. The van der Waals surface area contributed by atoms with Gasteiger partial charge in [-0.2, -0.15) is 0 Å². The molecule has 0 aromatic carbocycles. The summed E-state index contributed by atoms with van der Waals surface area (Å²) < 4.78 is 29.0. The molecule has 18 heavy (non-hydrogen) atoms. The predicted molar refractivity (Wildman–Crippen MR) is 70.6 cm³/mol. The summed E-state index contributed by atoms with van der Waals surface area (Å²) >= 11 is 0. The van der Waals surface area contributed by atoms with Gasteiger partial charge in [0.15, 0.2) is 0 Å². The second-order valence-corrected chi connectivity index (χ2v) is 7.12. The van der Waals surface area contributed by atoms with Gasteiger partial charge in [-0.3, -0.25) is 0 Å². The summed E-state index contributed by atoms with van der Waals surface area (Å²) in [6, 6.07) is -0.436. The van der Waals surface area contributed by atoms with Crippen LogP contribution in [0.5, 0.6) is 0 Å². The summed E-state index contributed by atoms with van der Waals surface area (Å²) in [5.41, 5.74) is -0.580. The first-order valence-corrected chi connectivity index (χ1v) is 7.04. The first-order chi connectivity index (χ1) is 7.94. The van der Waals surface area contributed by atoms with Crippen molar-refractivity contribution < 1.29 is 17.9 Å². The Morgan fingerprint density at radius 3 is 2.22 bits per heavy atom. The predicted octanol–water partition coefficient (Wildman–Crippen LogP) is 1.30. The van der Waals surface area contributed by atoms with E-state index in [2.05, 4.69) is 5.32 Å². The van der Waals surface area contributed by atoms with Crippen molar-refractivity contribution in [2.45, 2.75) is 39.3 Å². The molecule has 0 aromatic heterocycles. The molecule has 0 heterocycles. The lowest BCUT2D eigenvalue weighted by molar-refractivity contribution is 0.0518. The summed E-state index contributed by atoms with van der Waals surface area (Å²) in [6.07, 6.45) is 0.807. The van der Waals surface area contributed by atoms with E-state index in [9.17, 15) is 13.2 Å². The van der Waals surface area contributed by atoms with Crippen molar-refractivity contribution in [2.24, 2.45) is 0 Å². The molecule has 7 heteroatoms. The molecule has 6 nitrogen and oxygen atoms in total. The van der Waals surface area contributed by atoms with Gasteiger partial charge in [0.2, 0.25) is 10.0 Å². The average molecular weight is 278 g/mol. The molecule has 0 fully saturated rings. The number of ether oxygens (including phenoxy) is 1. The Morgan fingerprint density at radius 1 is 1.33 bits per heavy atom. The molecule has 0 aliphatic rings. The third-order valence-corrected chi connectivity index (χ3v) is 3.31. The van der Waals surface area contributed by atoms with Crippen LogP contribution in [0.25, 0.3) is 0 Å². The summed E-state index contributed by atoms with van der Waals surface area (Å²) in [5, 5.41) is 3.57. The van der Waals surface area contributed by atoms with Crippen LogP contribution in [-0.2, 0) is 14.8 Å². The van der Waals surface area contributed by atoms with E-state index < -0.39 is 27.8 Å². The quantitative estimate of drug-likeness (QED) is 0.841. The van der Waals surface area contributed by atoms with E-state index in [4.69, 9.17) is 4.74 Å². The highest BCUT2D eigenvalue weighted by atomic mass is 32.2. The topological polar surface area (TPSA) is 75.7 Å². The van der Waals surface area contributed by atoms with Crippen molar-refractivity contribution in [1.29, 1.82) is 0 Å².